The van der Waals surface area contributed by atoms with Crippen LogP contribution in [0.3, 0.4) is 0 Å². The van der Waals surface area contributed by atoms with Crippen molar-refractivity contribution in [2.75, 3.05) is 0 Å². The van der Waals surface area contributed by atoms with Gasteiger partial charge in [0.1, 0.15) is 0 Å². The number of rotatable bonds is 1. The smallest absolute Gasteiger partial charge is 0.0777 e. The van der Waals surface area contributed by atoms with Crippen molar-refractivity contribution >= 4 is 0 Å². The Morgan fingerprint density at radius 2 is 1.70 bits per heavy atom. The van der Waals surface area contributed by atoms with Gasteiger partial charge in [0.2, 0.25) is 0 Å². The molecule has 0 bridgehead atoms. The van der Waals surface area contributed by atoms with E-state index in [4.69, 9.17) is 24.4 Å². The quantitative estimate of drug-likeness (QED) is 0.396. The van der Waals surface area contributed by atoms with Crippen molar-refractivity contribution in [1.29, 1.82) is 0 Å². The number of nitrogens with two attached hydrogens (primary N) is 1. The van der Waals surface area contributed by atoms with Crippen LogP contribution in [0.5, 0.6) is 0 Å². The van der Waals surface area contributed by atoms with Crippen LogP contribution in [0.4, 0.5) is 0 Å². The highest BCUT2D eigenvalue weighted by atomic mass is 35.7. The summed E-state index contributed by atoms with van der Waals surface area (Å²) < 4.78 is 32.7. The van der Waals surface area contributed by atoms with Crippen molar-refractivity contribution in [1.82, 2.24) is 0 Å². The Bertz CT molecular complexity index is 102. The highest BCUT2D eigenvalue weighted by molar-refractivity contribution is 4.93. The fourth-order valence-electron chi connectivity index (χ4n) is 0.0786. The Balaban J connectivity index is 0. The average Bonchev–Trinajstić information content (AvgIpc) is 1.63. The molecule has 60 valence electrons. The Kier molecular flexibility index (Phi) is 7.91. The maximum Gasteiger partial charge on any atom is 0.0777 e. The van der Waals surface area contributed by atoms with Crippen molar-refractivity contribution in [3.63, 3.8) is 0 Å². The largest absolute Gasteiger partial charge is 0.405 e. The lowest BCUT2D eigenvalue weighted by molar-refractivity contribution is -1.92. The fourth-order valence-corrected chi connectivity index (χ4v) is 0.0786. The SMILES string of the molecule is C=CC=CN.[O-][Cl+3]([O-])([O-])O. The minimum atomic E-state index is -4.69. The molecule has 5 nitrogen and oxygen atoms in total. The van der Waals surface area contributed by atoms with E-state index in [2.05, 4.69) is 6.58 Å². The monoisotopic (exact) mass is 169 g/mol. The summed E-state index contributed by atoms with van der Waals surface area (Å²) in [6.45, 7) is 3.38. The zero-order valence-electron chi connectivity index (χ0n) is 5.07. The van der Waals surface area contributed by atoms with Crippen molar-refractivity contribution in [2.45, 2.75) is 0 Å². The summed E-state index contributed by atoms with van der Waals surface area (Å²) in [5, 5.41) is 0. The molecule has 0 unspecified atom stereocenters. The number of allylic oxidation sites excluding steroid dienone is 2. The molecule has 0 spiro atoms. The van der Waals surface area contributed by atoms with Crippen LogP contribution < -0.4 is 19.7 Å². The predicted molar refractivity (Wildman–Crippen MR) is 25.7 cm³/mol. The zero-order valence-corrected chi connectivity index (χ0v) is 5.82. The third-order valence-electron chi connectivity index (χ3n) is 0.247. The van der Waals surface area contributed by atoms with Gasteiger partial charge in [-0.2, -0.15) is 14.0 Å². The molecule has 0 radical (unpaired) electrons. The Hall–Kier alpha value is -0.590. The Morgan fingerprint density at radius 1 is 1.40 bits per heavy atom. The standard InChI is InChI=1S/C4H7N.ClHO4/c1-2-3-4-5;2-1(3,4)5/h2-4H,1,5H2;(H,2,3,4,5). The predicted octanol–water partition coefficient (Wildman–Crippen LogP) is -3.48. The van der Waals surface area contributed by atoms with Gasteiger partial charge in [-0.25, -0.2) is 0 Å². The summed E-state index contributed by atoms with van der Waals surface area (Å²) >= 11 is 0. The highest BCUT2D eigenvalue weighted by Crippen LogP contribution is 1.60. The van der Waals surface area contributed by atoms with Gasteiger partial charge in [-0.3, -0.25) is 0 Å². The first kappa shape index (κ1) is 12.1. The molecule has 0 rings (SSSR count). The van der Waals surface area contributed by atoms with Crippen molar-refractivity contribution in [3.8, 4) is 0 Å². The molecule has 0 aliphatic heterocycles. The second-order valence-electron chi connectivity index (χ2n) is 1.02. The lowest BCUT2D eigenvalue weighted by atomic mass is 10.6. The molecular formula is C4H8ClNO4. The van der Waals surface area contributed by atoms with E-state index in [1.807, 2.05) is 0 Å². The van der Waals surface area contributed by atoms with Crippen LogP contribution >= 0.6 is 0 Å². The van der Waals surface area contributed by atoms with E-state index in [9.17, 15) is 0 Å². The molecular weight excluding hydrogens is 162 g/mol. The molecule has 6 heteroatoms. The summed E-state index contributed by atoms with van der Waals surface area (Å²) in [7, 11) is -4.69. The first-order valence-electron chi connectivity index (χ1n) is 2.04. The highest BCUT2D eigenvalue weighted by Gasteiger charge is 1.98. The van der Waals surface area contributed by atoms with Crippen molar-refractivity contribution in [3.05, 3.63) is 24.9 Å². The molecule has 0 amide bonds. The minimum absolute atomic E-state index is 1.44. The second-order valence-corrected chi connectivity index (χ2v) is 1.81. The Morgan fingerprint density at radius 3 is 1.70 bits per heavy atom. The molecule has 0 saturated carbocycles. The van der Waals surface area contributed by atoms with Gasteiger partial charge in [0.25, 0.3) is 0 Å². The number of hydrogen-bond acceptors (Lipinski definition) is 5. The third kappa shape index (κ3) is 153. The molecule has 3 N–H and O–H groups in total. The van der Waals surface area contributed by atoms with Crippen LogP contribution in [0.2, 0.25) is 0 Å². The van der Waals surface area contributed by atoms with Crippen molar-refractivity contribution < 1.29 is 28.9 Å². The maximum atomic E-state index is 8.60. The normalized spacial score (nSPS) is 10.4. The molecule has 0 aromatic rings. The van der Waals surface area contributed by atoms with E-state index in [1.165, 1.54) is 6.20 Å². The van der Waals surface area contributed by atoms with Gasteiger partial charge >= 0.3 is 0 Å². The molecule has 0 heterocycles. The number of hydrogen-bond donors (Lipinski definition) is 2. The first-order valence-corrected chi connectivity index (χ1v) is 3.30. The lowest BCUT2D eigenvalue weighted by Gasteiger charge is -2.03. The van der Waals surface area contributed by atoms with E-state index >= 15 is 0 Å². The van der Waals surface area contributed by atoms with Gasteiger partial charge in [-0.1, -0.05) is 12.7 Å². The molecule has 0 aromatic heterocycles. The van der Waals surface area contributed by atoms with Crippen LogP contribution in [0.15, 0.2) is 24.9 Å². The van der Waals surface area contributed by atoms with Crippen LogP contribution in [0.1, 0.15) is 0 Å². The van der Waals surface area contributed by atoms with E-state index in [-0.39, 0.29) is 0 Å². The molecule has 0 aliphatic rings. The van der Waals surface area contributed by atoms with E-state index < -0.39 is 10.2 Å². The van der Waals surface area contributed by atoms with Crippen LogP contribution in [-0.4, -0.2) is 4.66 Å². The van der Waals surface area contributed by atoms with Gasteiger partial charge in [0.15, 0.2) is 0 Å². The number of halogens is 1. The van der Waals surface area contributed by atoms with Crippen LogP contribution in [-0.2, 0) is 0 Å². The summed E-state index contributed by atoms with van der Waals surface area (Å²) in [4.78, 5) is 0. The molecule has 0 fully saturated rings. The molecule has 0 saturated heterocycles. The summed E-state index contributed by atoms with van der Waals surface area (Å²) in [6.07, 6.45) is 4.73. The average molecular weight is 170 g/mol. The summed E-state index contributed by atoms with van der Waals surface area (Å²) in [6, 6.07) is 0. The van der Waals surface area contributed by atoms with Crippen LogP contribution in [0.25, 0.3) is 0 Å². The molecule has 0 aromatic carbocycles. The van der Waals surface area contributed by atoms with E-state index in [0.717, 1.165) is 0 Å². The van der Waals surface area contributed by atoms with E-state index in [1.54, 1.807) is 12.2 Å². The zero-order chi connectivity index (χ0) is 8.62. The topological polar surface area (TPSA) is 115 Å². The Labute approximate surface area is 60.4 Å². The summed E-state index contributed by atoms with van der Waals surface area (Å²) in [5.74, 6) is 0. The molecule has 0 aliphatic carbocycles. The second kappa shape index (κ2) is 6.53. The van der Waals surface area contributed by atoms with Crippen LogP contribution in [0, 0.1) is 10.2 Å². The first-order chi connectivity index (χ1) is 4.41. The molecule has 0 atom stereocenters. The molecule has 10 heavy (non-hydrogen) atoms. The van der Waals surface area contributed by atoms with Gasteiger partial charge in [-0.15, -0.1) is 0 Å². The van der Waals surface area contributed by atoms with Gasteiger partial charge in [0, 0.05) is 0 Å². The fraction of sp³-hybridized carbons (Fsp3) is 0. The van der Waals surface area contributed by atoms with Gasteiger partial charge in [0.05, 0.1) is 14.9 Å². The van der Waals surface area contributed by atoms with Gasteiger partial charge < -0.3 is 5.73 Å². The van der Waals surface area contributed by atoms with E-state index in [0.29, 0.717) is 0 Å². The summed E-state index contributed by atoms with van der Waals surface area (Å²) in [5.41, 5.74) is 4.89. The minimum Gasteiger partial charge on any atom is -0.405 e. The lowest BCUT2D eigenvalue weighted by Crippen LogP contribution is -2.58. The van der Waals surface area contributed by atoms with Crippen molar-refractivity contribution in [2.24, 2.45) is 5.73 Å². The maximum absolute atomic E-state index is 8.60. The third-order valence-corrected chi connectivity index (χ3v) is 0.247. The van der Waals surface area contributed by atoms with Gasteiger partial charge in [-0.05, 0) is 12.3 Å².